The molecule has 6 aromatic rings. The number of H-pyrrole nitrogens is 2. The van der Waals surface area contributed by atoms with Gasteiger partial charge in [0.2, 0.25) is 0 Å². The van der Waals surface area contributed by atoms with Crippen LogP contribution in [0.5, 0.6) is 0 Å². The van der Waals surface area contributed by atoms with Gasteiger partial charge in [0.25, 0.3) is 0 Å². The van der Waals surface area contributed by atoms with Gasteiger partial charge in [0, 0.05) is 34.6 Å². The Morgan fingerprint density at radius 3 is 2.71 bits per heavy atom. The average molecular weight is 427 g/mol. The van der Waals surface area contributed by atoms with Gasteiger partial charge < -0.3 is 4.98 Å². The normalized spacial score (nSPS) is 11.5. The zero-order valence-corrected chi connectivity index (χ0v) is 17.0. The molecule has 0 unspecified atom stereocenters. The molecule has 6 heterocycles. The minimum Gasteiger partial charge on any atom is -0.335 e. The molecule has 0 bridgehead atoms. The van der Waals surface area contributed by atoms with Crippen LogP contribution in [-0.4, -0.2) is 35.1 Å². The van der Waals surface area contributed by atoms with Gasteiger partial charge in [-0.25, -0.2) is 9.37 Å². The number of pyridine rings is 3. The van der Waals surface area contributed by atoms with Gasteiger partial charge in [-0.3, -0.25) is 20.1 Å². The number of hydrogen-bond donors (Lipinski definition) is 2. The third kappa shape index (κ3) is 2.74. The number of nitrogens with one attached hydrogen (secondary N) is 2. The van der Waals surface area contributed by atoms with E-state index in [9.17, 15) is 0 Å². The maximum absolute atomic E-state index is 15.7. The van der Waals surface area contributed by atoms with E-state index in [1.54, 1.807) is 42.3 Å². The Kier molecular flexibility index (Phi) is 3.90. The van der Waals surface area contributed by atoms with Crippen molar-refractivity contribution in [3.63, 3.8) is 0 Å². The van der Waals surface area contributed by atoms with E-state index in [-0.39, 0.29) is 5.69 Å². The van der Waals surface area contributed by atoms with Crippen molar-refractivity contribution in [2.45, 2.75) is 6.92 Å². The smallest absolute Gasteiger partial charge is 0.161 e. The van der Waals surface area contributed by atoms with Gasteiger partial charge in [0.1, 0.15) is 16.9 Å². The summed E-state index contributed by atoms with van der Waals surface area (Å²) < 4.78 is 15.7. The summed E-state index contributed by atoms with van der Waals surface area (Å²) in [6.07, 6.45) is 8.37. The fraction of sp³-hybridized carbons (Fsp3) is 0.0455. The highest BCUT2D eigenvalue weighted by Crippen LogP contribution is 2.35. The maximum atomic E-state index is 15.7. The Bertz CT molecular complexity index is 1570. The van der Waals surface area contributed by atoms with Crippen molar-refractivity contribution in [1.29, 1.82) is 0 Å². The molecular weight excluding hydrogens is 413 g/mol. The van der Waals surface area contributed by atoms with Crippen LogP contribution in [0.15, 0.2) is 54.6 Å². The lowest BCUT2D eigenvalue weighted by molar-refractivity contribution is 0.638. The molecule has 0 aliphatic rings. The molecular formula is C22H14FN7S. The minimum absolute atomic E-state index is 0.234. The zero-order chi connectivity index (χ0) is 20.9. The zero-order valence-electron chi connectivity index (χ0n) is 16.2. The van der Waals surface area contributed by atoms with Crippen LogP contribution in [0.3, 0.4) is 0 Å². The van der Waals surface area contributed by atoms with Crippen molar-refractivity contribution in [2.24, 2.45) is 0 Å². The molecule has 7 nitrogen and oxygen atoms in total. The first-order valence-electron chi connectivity index (χ1n) is 9.52. The van der Waals surface area contributed by atoms with Crippen molar-refractivity contribution >= 4 is 33.3 Å². The first-order valence-corrected chi connectivity index (χ1v) is 10.4. The van der Waals surface area contributed by atoms with Gasteiger partial charge in [-0.05, 0) is 30.0 Å². The number of fused-ring (bicyclic) bond motifs is 2. The summed E-state index contributed by atoms with van der Waals surface area (Å²) >= 11 is 1.61. The summed E-state index contributed by atoms with van der Waals surface area (Å²) in [4.78, 5) is 21.8. The number of rotatable bonds is 3. The first-order chi connectivity index (χ1) is 15.2. The predicted molar refractivity (Wildman–Crippen MR) is 118 cm³/mol. The Morgan fingerprint density at radius 1 is 0.968 bits per heavy atom. The number of thiophene rings is 1. The second-order valence-electron chi connectivity index (χ2n) is 7.12. The van der Waals surface area contributed by atoms with E-state index in [0.717, 1.165) is 27.0 Å². The molecule has 0 spiro atoms. The van der Waals surface area contributed by atoms with Crippen LogP contribution >= 0.6 is 11.3 Å². The van der Waals surface area contributed by atoms with Crippen LogP contribution < -0.4 is 0 Å². The maximum Gasteiger partial charge on any atom is 0.161 e. The highest BCUT2D eigenvalue weighted by molar-refractivity contribution is 7.13. The van der Waals surface area contributed by atoms with Gasteiger partial charge in [0.15, 0.2) is 11.6 Å². The lowest BCUT2D eigenvalue weighted by Crippen LogP contribution is -1.94. The standard InChI is InChI=1S/C22H14FN7S/c1-11-4-5-24-7-12(11)20-18(23)17-14(10-26-20)29-30-21(17)22-27-15-9-25-8-13(19(15)28-22)16-3-2-6-31-16/h2-10H,1H3,(H,27,28)(H,29,30). The third-order valence-corrected chi connectivity index (χ3v) is 6.15. The topological polar surface area (TPSA) is 96.0 Å². The summed E-state index contributed by atoms with van der Waals surface area (Å²) in [7, 11) is 0. The molecule has 0 saturated heterocycles. The van der Waals surface area contributed by atoms with Gasteiger partial charge in [-0.2, -0.15) is 5.10 Å². The van der Waals surface area contributed by atoms with E-state index < -0.39 is 5.82 Å². The molecule has 0 atom stereocenters. The summed E-state index contributed by atoms with van der Waals surface area (Å²) in [6, 6.07) is 5.83. The monoisotopic (exact) mass is 427 g/mol. The van der Waals surface area contributed by atoms with Crippen LogP contribution in [0, 0.1) is 12.7 Å². The summed E-state index contributed by atoms with van der Waals surface area (Å²) in [5.41, 5.74) is 5.10. The fourth-order valence-electron chi connectivity index (χ4n) is 3.70. The molecule has 2 N–H and O–H groups in total. The number of aromatic nitrogens is 7. The summed E-state index contributed by atoms with van der Waals surface area (Å²) in [5.74, 6) is 0.000395. The van der Waals surface area contributed by atoms with Crippen molar-refractivity contribution in [3.05, 3.63) is 65.9 Å². The molecule has 0 amide bonds. The second-order valence-corrected chi connectivity index (χ2v) is 8.07. The number of aromatic amines is 2. The van der Waals surface area contributed by atoms with E-state index in [2.05, 4.69) is 30.1 Å². The quantitative estimate of drug-likeness (QED) is 0.408. The molecule has 6 aromatic heterocycles. The van der Waals surface area contributed by atoms with E-state index in [0.29, 0.717) is 28.0 Å². The highest BCUT2D eigenvalue weighted by Gasteiger charge is 2.21. The Labute approximate surface area is 179 Å². The lowest BCUT2D eigenvalue weighted by Gasteiger charge is -2.06. The largest absolute Gasteiger partial charge is 0.335 e. The van der Waals surface area contributed by atoms with Crippen LogP contribution in [0.25, 0.3) is 55.2 Å². The minimum atomic E-state index is -0.464. The SMILES string of the molecule is Cc1ccncc1-c1ncc2[nH]nc(-c3nc4c(-c5cccs5)cncc4[nH]3)c2c1F. The van der Waals surface area contributed by atoms with Gasteiger partial charge in [-0.15, -0.1) is 11.3 Å². The van der Waals surface area contributed by atoms with Crippen molar-refractivity contribution < 1.29 is 4.39 Å². The predicted octanol–water partition coefficient (Wildman–Crippen LogP) is 5.13. The lowest BCUT2D eigenvalue weighted by atomic mass is 10.1. The van der Waals surface area contributed by atoms with Crippen LogP contribution in [0.2, 0.25) is 0 Å². The molecule has 9 heteroatoms. The second kappa shape index (κ2) is 6.78. The first kappa shape index (κ1) is 17.8. The Hall–Kier alpha value is -3.98. The van der Waals surface area contributed by atoms with Crippen LogP contribution in [-0.2, 0) is 0 Å². The number of halogens is 1. The summed E-state index contributed by atoms with van der Waals surface area (Å²) in [6.45, 7) is 1.90. The number of nitrogens with zero attached hydrogens (tertiary/aromatic N) is 5. The van der Waals surface area contributed by atoms with Crippen LogP contribution in [0.4, 0.5) is 4.39 Å². The van der Waals surface area contributed by atoms with Gasteiger partial charge in [-0.1, -0.05) is 6.07 Å². The van der Waals surface area contributed by atoms with E-state index in [4.69, 9.17) is 4.98 Å². The van der Waals surface area contributed by atoms with E-state index in [1.165, 1.54) is 0 Å². The molecule has 0 saturated carbocycles. The van der Waals surface area contributed by atoms with E-state index >= 15 is 4.39 Å². The molecule has 31 heavy (non-hydrogen) atoms. The molecule has 0 aromatic carbocycles. The van der Waals surface area contributed by atoms with Gasteiger partial charge in [0.05, 0.1) is 28.8 Å². The molecule has 6 rings (SSSR count). The van der Waals surface area contributed by atoms with Crippen molar-refractivity contribution in [3.8, 4) is 33.2 Å². The molecule has 0 aliphatic heterocycles. The Morgan fingerprint density at radius 2 is 1.87 bits per heavy atom. The molecule has 0 fully saturated rings. The van der Waals surface area contributed by atoms with Crippen LogP contribution in [0.1, 0.15) is 5.56 Å². The van der Waals surface area contributed by atoms with Crippen molar-refractivity contribution in [2.75, 3.05) is 0 Å². The number of aryl methyl sites for hydroxylation is 1. The molecule has 150 valence electrons. The van der Waals surface area contributed by atoms with Gasteiger partial charge >= 0.3 is 0 Å². The molecule has 0 radical (unpaired) electrons. The number of imidazole rings is 1. The third-order valence-electron chi connectivity index (χ3n) is 5.24. The van der Waals surface area contributed by atoms with Crippen molar-refractivity contribution in [1.82, 2.24) is 35.1 Å². The summed E-state index contributed by atoms with van der Waals surface area (Å²) in [5, 5.41) is 9.54. The fourth-order valence-corrected chi connectivity index (χ4v) is 4.44. The Balaban J connectivity index is 1.57. The highest BCUT2D eigenvalue weighted by atomic mass is 32.1. The molecule has 0 aliphatic carbocycles. The average Bonchev–Trinajstić information content (AvgIpc) is 3.53. The van der Waals surface area contributed by atoms with E-state index in [1.807, 2.05) is 30.5 Å². The number of hydrogen-bond acceptors (Lipinski definition) is 6.